The summed E-state index contributed by atoms with van der Waals surface area (Å²) in [6, 6.07) is 7.76. The molecule has 0 bridgehead atoms. The van der Waals surface area contributed by atoms with E-state index in [0.717, 1.165) is 22.9 Å². The van der Waals surface area contributed by atoms with E-state index in [2.05, 4.69) is 26.1 Å². The predicted octanol–water partition coefficient (Wildman–Crippen LogP) is 3.67. The number of alkyl halides is 1. The number of hydrogen-bond acceptors (Lipinski definition) is 3. The molecule has 5 heteroatoms. The lowest BCUT2D eigenvalue weighted by atomic mass is 10.2. The van der Waals surface area contributed by atoms with E-state index in [0.29, 0.717) is 17.7 Å². The fourth-order valence-electron chi connectivity index (χ4n) is 1.31. The Bertz CT molecular complexity index is 473. The Balaban J connectivity index is 2.18. The number of benzene rings is 1. The second-order valence-corrected chi connectivity index (χ2v) is 4.60. The summed E-state index contributed by atoms with van der Waals surface area (Å²) < 4.78 is 6.52. The van der Waals surface area contributed by atoms with Crippen molar-refractivity contribution in [2.45, 2.75) is 12.8 Å². The molecule has 0 radical (unpaired) electrons. The van der Waals surface area contributed by atoms with Crippen molar-refractivity contribution in [3.8, 4) is 11.5 Å². The molecule has 0 aliphatic carbocycles. The second-order valence-electron chi connectivity index (χ2n) is 3.30. The SMILES string of the molecule is ClCCCc1nnc(-c2cccc(Br)c2)o1. The fourth-order valence-corrected chi connectivity index (χ4v) is 1.84. The van der Waals surface area contributed by atoms with E-state index in [1.54, 1.807) is 0 Å². The molecule has 0 unspecified atom stereocenters. The summed E-state index contributed by atoms with van der Waals surface area (Å²) in [4.78, 5) is 0. The summed E-state index contributed by atoms with van der Waals surface area (Å²) in [6.07, 6.45) is 1.58. The molecule has 0 saturated carbocycles. The first-order valence-electron chi connectivity index (χ1n) is 4.94. The van der Waals surface area contributed by atoms with Crippen LogP contribution in [-0.2, 0) is 6.42 Å². The van der Waals surface area contributed by atoms with Crippen molar-refractivity contribution >= 4 is 27.5 Å². The first-order valence-corrected chi connectivity index (χ1v) is 6.26. The molecule has 2 aromatic rings. The van der Waals surface area contributed by atoms with Gasteiger partial charge >= 0.3 is 0 Å². The van der Waals surface area contributed by atoms with Gasteiger partial charge in [-0.05, 0) is 24.6 Å². The maximum atomic E-state index is 5.60. The van der Waals surface area contributed by atoms with Gasteiger partial charge in [0.05, 0.1) is 0 Å². The van der Waals surface area contributed by atoms with E-state index in [1.807, 2.05) is 24.3 Å². The first-order chi connectivity index (χ1) is 7.79. The minimum absolute atomic E-state index is 0.547. The third-order valence-electron chi connectivity index (χ3n) is 2.06. The van der Waals surface area contributed by atoms with Crippen LogP contribution >= 0.6 is 27.5 Å². The van der Waals surface area contributed by atoms with E-state index in [-0.39, 0.29) is 0 Å². The summed E-state index contributed by atoms with van der Waals surface area (Å²) in [5.41, 5.74) is 0.916. The van der Waals surface area contributed by atoms with E-state index in [1.165, 1.54) is 0 Å². The van der Waals surface area contributed by atoms with Gasteiger partial charge < -0.3 is 4.42 Å². The quantitative estimate of drug-likeness (QED) is 0.809. The molecule has 3 nitrogen and oxygen atoms in total. The normalized spacial score (nSPS) is 10.6. The highest BCUT2D eigenvalue weighted by Gasteiger charge is 2.08. The van der Waals surface area contributed by atoms with Crippen LogP contribution in [0.3, 0.4) is 0 Å². The van der Waals surface area contributed by atoms with E-state index < -0.39 is 0 Å². The maximum absolute atomic E-state index is 5.60. The van der Waals surface area contributed by atoms with Gasteiger partial charge in [0.15, 0.2) is 0 Å². The van der Waals surface area contributed by atoms with Gasteiger partial charge in [-0.15, -0.1) is 21.8 Å². The Kier molecular flexibility index (Phi) is 3.96. The van der Waals surface area contributed by atoms with Gasteiger partial charge in [0, 0.05) is 22.3 Å². The number of hydrogen-bond donors (Lipinski definition) is 0. The van der Waals surface area contributed by atoms with Crippen LogP contribution in [0, 0.1) is 0 Å². The molecular weight excluding hydrogens is 291 g/mol. The number of halogens is 2. The van der Waals surface area contributed by atoms with Crippen LogP contribution in [0.1, 0.15) is 12.3 Å². The van der Waals surface area contributed by atoms with Crippen LogP contribution < -0.4 is 0 Å². The molecule has 1 aromatic carbocycles. The zero-order valence-electron chi connectivity index (χ0n) is 8.49. The lowest BCUT2D eigenvalue weighted by Crippen LogP contribution is -1.85. The molecule has 0 aliphatic rings. The molecule has 0 saturated heterocycles. The minimum atomic E-state index is 0.547. The molecule has 1 heterocycles. The Labute approximate surface area is 107 Å². The highest BCUT2D eigenvalue weighted by atomic mass is 79.9. The van der Waals surface area contributed by atoms with Crippen molar-refractivity contribution in [1.82, 2.24) is 10.2 Å². The molecule has 0 aliphatic heterocycles. The maximum Gasteiger partial charge on any atom is 0.247 e. The Hall–Kier alpha value is -0.870. The van der Waals surface area contributed by atoms with Crippen molar-refractivity contribution in [2.75, 3.05) is 5.88 Å². The zero-order chi connectivity index (χ0) is 11.4. The third-order valence-corrected chi connectivity index (χ3v) is 2.82. The van der Waals surface area contributed by atoms with Gasteiger partial charge in [-0.3, -0.25) is 0 Å². The van der Waals surface area contributed by atoms with Crippen LogP contribution in [0.25, 0.3) is 11.5 Å². The van der Waals surface area contributed by atoms with Crippen molar-refractivity contribution in [3.05, 3.63) is 34.6 Å². The monoisotopic (exact) mass is 300 g/mol. The number of nitrogens with zero attached hydrogens (tertiary/aromatic N) is 2. The Morgan fingerprint density at radius 2 is 2.19 bits per heavy atom. The van der Waals surface area contributed by atoms with Crippen molar-refractivity contribution < 1.29 is 4.42 Å². The molecule has 0 N–H and O–H groups in total. The molecule has 0 atom stereocenters. The lowest BCUT2D eigenvalue weighted by Gasteiger charge is -1.95. The van der Waals surface area contributed by atoms with Gasteiger partial charge in [0.25, 0.3) is 0 Å². The van der Waals surface area contributed by atoms with Gasteiger partial charge in [-0.25, -0.2) is 0 Å². The number of aromatic nitrogens is 2. The lowest BCUT2D eigenvalue weighted by molar-refractivity contribution is 0.502. The van der Waals surface area contributed by atoms with Gasteiger partial charge in [0.1, 0.15) is 0 Å². The average molecular weight is 302 g/mol. The summed E-state index contributed by atoms with van der Waals surface area (Å²) in [5.74, 6) is 1.79. The smallest absolute Gasteiger partial charge is 0.247 e. The molecule has 16 heavy (non-hydrogen) atoms. The van der Waals surface area contributed by atoms with Crippen molar-refractivity contribution in [3.63, 3.8) is 0 Å². The first kappa shape index (κ1) is 11.6. The molecular formula is C11H10BrClN2O. The van der Waals surface area contributed by atoms with Gasteiger partial charge in [-0.1, -0.05) is 22.0 Å². The minimum Gasteiger partial charge on any atom is -0.421 e. The van der Waals surface area contributed by atoms with Crippen LogP contribution in [0.5, 0.6) is 0 Å². The van der Waals surface area contributed by atoms with E-state index in [4.69, 9.17) is 16.0 Å². The molecule has 0 fully saturated rings. The average Bonchev–Trinajstić information content (AvgIpc) is 2.75. The van der Waals surface area contributed by atoms with Crippen molar-refractivity contribution in [1.29, 1.82) is 0 Å². The predicted molar refractivity (Wildman–Crippen MR) is 66.5 cm³/mol. The Morgan fingerprint density at radius 1 is 1.31 bits per heavy atom. The van der Waals surface area contributed by atoms with Crippen molar-refractivity contribution in [2.24, 2.45) is 0 Å². The topological polar surface area (TPSA) is 38.9 Å². The van der Waals surface area contributed by atoms with Crippen LogP contribution in [-0.4, -0.2) is 16.1 Å². The summed E-state index contributed by atoms with van der Waals surface area (Å²) in [7, 11) is 0. The summed E-state index contributed by atoms with van der Waals surface area (Å²) in [6.45, 7) is 0. The van der Waals surface area contributed by atoms with Crippen LogP contribution in [0.4, 0.5) is 0 Å². The van der Waals surface area contributed by atoms with Gasteiger partial charge in [0.2, 0.25) is 11.8 Å². The number of aryl methyl sites for hydroxylation is 1. The van der Waals surface area contributed by atoms with Gasteiger partial charge in [-0.2, -0.15) is 0 Å². The fraction of sp³-hybridized carbons (Fsp3) is 0.273. The van der Waals surface area contributed by atoms with E-state index in [9.17, 15) is 0 Å². The number of rotatable bonds is 4. The second kappa shape index (κ2) is 5.46. The van der Waals surface area contributed by atoms with Crippen LogP contribution in [0.2, 0.25) is 0 Å². The molecule has 0 amide bonds. The third kappa shape index (κ3) is 2.83. The zero-order valence-corrected chi connectivity index (χ0v) is 10.8. The van der Waals surface area contributed by atoms with E-state index >= 15 is 0 Å². The summed E-state index contributed by atoms with van der Waals surface area (Å²) >= 11 is 9.00. The molecule has 2 rings (SSSR count). The highest BCUT2D eigenvalue weighted by molar-refractivity contribution is 9.10. The molecule has 84 valence electrons. The molecule has 0 spiro atoms. The molecule has 1 aromatic heterocycles. The van der Waals surface area contributed by atoms with Crippen LogP contribution in [0.15, 0.2) is 33.2 Å². The highest BCUT2D eigenvalue weighted by Crippen LogP contribution is 2.21. The summed E-state index contributed by atoms with van der Waals surface area (Å²) in [5, 5.41) is 7.97. The standard InChI is InChI=1S/C11H10BrClN2O/c12-9-4-1-3-8(7-9)11-15-14-10(16-11)5-2-6-13/h1,3-4,7H,2,5-6H2. The largest absolute Gasteiger partial charge is 0.421 e. The Morgan fingerprint density at radius 3 is 2.94 bits per heavy atom.